The van der Waals surface area contributed by atoms with Crippen molar-refractivity contribution in [3.05, 3.63) is 0 Å². The molecule has 0 radical (unpaired) electrons. The monoisotopic (exact) mass is 1110 g/mol. The smallest absolute Gasteiger partial charge is 0.456 e. The van der Waals surface area contributed by atoms with Gasteiger partial charge in [0.15, 0.2) is 49.2 Å². The van der Waals surface area contributed by atoms with E-state index >= 15 is 0 Å². The number of carbonyl (C=O) groups excluding carboxylic acids is 9. The van der Waals surface area contributed by atoms with Crippen LogP contribution in [0, 0.1) is 0 Å². The van der Waals surface area contributed by atoms with Crippen LogP contribution < -0.4 is 0 Å². The van der Waals surface area contributed by atoms with Crippen molar-refractivity contribution in [2.45, 2.75) is 105 Å². The van der Waals surface area contributed by atoms with Crippen LogP contribution >= 0.6 is 0 Å². The van der Waals surface area contributed by atoms with E-state index in [4.69, 9.17) is 0 Å². The van der Waals surface area contributed by atoms with Gasteiger partial charge < -0.3 is 47.4 Å². The van der Waals surface area contributed by atoms with Crippen LogP contribution in [-0.2, 0) is 90.5 Å². The Morgan fingerprint density at radius 2 is 0.746 bits per heavy atom. The fourth-order valence-corrected chi connectivity index (χ4v) is 4.38. The van der Waals surface area contributed by atoms with Crippen LogP contribution in [0.25, 0.3) is 0 Å². The first kappa shape index (κ1) is 62.7. The van der Waals surface area contributed by atoms with E-state index in [1.54, 1.807) is 0 Å². The molecule has 1 fully saturated rings. The highest BCUT2D eigenvalue weighted by Gasteiger charge is 2.62. The number of rotatable bonds is 16. The fraction of sp³-hybridized carbons (Fsp3) is 0.679. The first-order valence-corrected chi connectivity index (χ1v) is 16.5. The Balaban J connectivity index is 4.81. The molecule has 0 aliphatic carbocycles. The third-order valence-electron chi connectivity index (χ3n) is 7.11. The van der Waals surface area contributed by atoms with E-state index in [0.717, 1.165) is 0 Å². The molecule has 0 bridgehead atoms. The Hall–Kier alpha value is -6.33. The van der Waals surface area contributed by atoms with Crippen molar-refractivity contribution < 1.29 is 196 Å². The lowest BCUT2D eigenvalue weighted by atomic mass is 9.97. The molecule has 19 nitrogen and oxygen atoms in total. The maximum atomic E-state index is 13.6. The average molecular weight is 1110 g/mol. The molecule has 1 saturated heterocycles. The van der Waals surface area contributed by atoms with Crippen molar-refractivity contribution in [3.63, 3.8) is 0 Å². The summed E-state index contributed by atoms with van der Waals surface area (Å²) in [6.07, 6.45) is -94.8. The van der Waals surface area contributed by atoms with Gasteiger partial charge in [-0.3, -0.25) is 4.79 Å². The van der Waals surface area contributed by atoms with Gasteiger partial charge in [0.2, 0.25) is 0 Å². The lowest BCUT2D eigenvalue weighted by Gasteiger charge is -2.46. The molecule has 1 aliphatic heterocycles. The Morgan fingerprint density at radius 3 is 1.13 bits per heavy atom. The molecule has 0 aromatic heterocycles. The molecule has 0 spiro atoms. The summed E-state index contributed by atoms with van der Waals surface area (Å²) in [4.78, 5) is 106. The predicted molar refractivity (Wildman–Crippen MR) is 149 cm³/mol. The van der Waals surface area contributed by atoms with E-state index in [1.807, 2.05) is 0 Å². The van der Waals surface area contributed by atoms with E-state index in [0.29, 0.717) is 0 Å². The van der Waals surface area contributed by atoms with Crippen molar-refractivity contribution >= 4 is 54.0 Å². The summed E-state index contributed by atoms with van der Waals surface area (Å²) >= 11 is 0. The summed E-state index contributed by atoms with van der Waals surface area (Å²) in [6.45, 7) is -6.00. The van der Waals surface area contributed by atoms with Gasteiger partial charge in [0.25, 0.3) is 0 Å². The lowest BCUT2D eigenvalue weighted by molar-refractivity contribution is -0.341. The third kappa shape index (κ3) is 18.7. The minimum atomic E-state index is -6.79. The SMILES string of the molecule is O=CC(OC(=O)C(F)(F)F)C(OC(=O)C(F)(F)F)C(OC1O[C@H](COC(=O)C(F)(F)F)[C@@H](OC(=O)C(F)(F)F)[C@H](OC(=O)C(F)(F)F)[C@H]1OC(=O)C(F)(F)F)C(COC(=O)C(F)(F)F)OC(=O)C(F)(F)F. The zero-order chi connectivity index (χ0) is 56.0. The minimum Gasteiger partial charge on any atom is -0.456 e. The molecule has 1 aliphatic rings. The first-order chi connectivity index (χ1) is 31.5. The summed E-state index contributed by atoms with van der Waals surface area (Å²) in [7, 11) is 0. The number of hydrogen-bond acceptors (Lipinski definition) is 19. The third-order valence-corrected chi connectivity index (χ3v) is 7.11. The molecule has 43 heteroatoms. The number of alkyl halides is 24. The van der Waals surface area contributed by atoms with Crippen molar-refractivity contribution in [2.24, 2.45) is 0 Å². The number of carbonyl (C=O) groups is 9. The summed E-state index contributed by atoms with van der Waals surface area (Å²) in [6, 6.07) is 0. The highest BCUT2D eigenvalue weighted by molar-refractivity contribution is 5.80. The predicted octanol–water partition coefficient (Wildman–Crippen LogP) is 3.35. The van der Waals surface area contributed by atoms with Crippen LogP contribution in [0.15, 0.2) is 0 Å². The van der Waals surface area contributed by atoms with Gasteiger partial charge in [0, 0.05) is 0 Å². The highest BCUT2D eigenvalue weighted by atomic mass is 19.4. The molecule has 0 aromatic rings. The van der Waals surface area contributed by atoms with Gasteiger partial charge in [-0.15, -0.1) is 0 Å². The van der Waals surface area contributed by atoms with Crippen molar-refractivity contribution in [1.29, 1.82) is 0 Å². The van der Waals surface area contributed by atoms with E-state index < -0.39 is 172 Å². The van der Waals surface area contributed by atoms with Crippen LogP contribution in [0.1, 0.15) is 0 Å². The number of halogens is 24. The summed E-state index contributed by atoms with van der Waals surface area (Å²) in [5.74, 6) is -31.9. The van der Waals surface area contributed by atoms with Gasteiger partial charge in [-0.1, -0.05) is 0 Å². The molecular formula is C28H14F24O19. The molecular weight excluding hydrogens is 1100 g/mol. The van der Waals surface area contributed by atoms with E-state index in [2.05, 4.69) is 47.4 Å². The van der Waals surface area contributed by atoms with Gasteiger partial charge in [0.05, 0.1) is 0 Å². The second-order valence-electron chi connectivity index (χ2n) is 12.3. The number of hydrogen-bond donors (Lipinski definition) is 0. The molecule has 71 heavy (non-hydrogen) atoms. The lowest BCUT2D eigenvalue weighted by Crippen LogP contribution is -2.66. The van der Waals surface area contributed by atoms with Crippen LogP contribution in [-0.4, -0.2) is 172 Å². The Morgan fingerprint density at radius 1 is 0.408 bits per heavy atom. The van der Waals surface area contributed by atoms with Crippen LogP contribution in [0.3, 0.4) is 0 Å². The summed E-state index contributed by atoms with van der Waals surface area (Å²) < 4.78 is 357. The van der Waals surface area contributed by atoms with E-state index in [-0.39, 0.29) is 0 Å². The Bertz CT molecular complexity index is 1960. The average Bonchev–Trinajstić information content (AvgIpc) is 3.17. The molecule has 1 heterocycles. The largest absolute Gasteiger partial charge is 0.490 e. The number of esters is 8. The highest BCUT2D eigenvalue weighted by Crippen LogP contribution is 2.37. The zero-order valence-electron chi connectivity index (χ0n) is 32.0. The van der Waals surface area contributed by atoms with Gasteiger partial charge in [-0.2, -0.15) is 105 Å². The van der Waals surface area contributed by atoms with Gasteiger partial charge in [-0.05, 0) is 0 Å². The molecule has 1 rings (SSSR count). The summed E-state index contributed by atoms with van der Waals surface area (Å²) in [5, 5.41) is 0. The maximum Gasteiger partial charge on any atom is 0.490 e. The molecule has 408 valence electrons. The molecule has 0 saturated carbocycles. The summed E-state index contributed by atoms with van der Waals surface area (Å²) in [5.41, 5.74) is 0. The van der Waals surface area contributed by atoms with Gasteiger partial charge in [-0.25, -0.2) is 38.4 Å². The van der Waals surface area contributed by atoms with Gasteiger partial charge in [0.1, 0.15) is 25.4 Å². The Labute approximate surface area is 368 Å². The Kier molecular flexibility index (Phi) is 19.8. The fourth-order valence-electron chi connectivity index (χ4n) is 4.38. The zero-order valence-corrected chi connectivity index (χ0v) is 32.0. The molecule has 5 unspecified atom stereocenters. The van der Waals surface area contributed by atoms with Crippen molar-refractivity contribution in [3.8, 4) is 0 Å². The number of aldehydes is 1. The van der Waals surface area contributed by atoms with Crippen LogP contribution in [0.4, 0.5) is 105 Å². The topological polar surface area (TPSA) is 246 Å². The first-order valence-electron chi connectivity index (χ1n) is 16.5. The molecule has 0 N–H and O–H groups in total. The van der Waals surface area contributed by atoms with Gasteiger partial charge >= 0.3 is 97.2 Å². The standard InChI is InChI=1S/C28H14F24O19/c29-21(30,31)13(54)62-2-5-9(69-18(59)26(44,45)46)10(70-19(60)27(47,48)49)11(71-20(61)28(50,51)52)12(64-5)67-8(6(66-16(57)24(38,39)40)3-63-14(55)22(32,33)34)7(68-17(58)25(41,42)43)4(1-53)65-15(56)23(35,36)37/h1,4-12H,2-3H2/t4?,5-,6?,7?,8?,9-,10+,11-,12?/m1/s1. The second-order valence-corrected chi connectivity index (χ2v) is 12.3. The molecule has 0 aromatic carbocycles. The van der Waals surface area contributed by atoms with Crippen LogP contribution in [0.5, 0.6) is 0 Å². The number of ether oxygens (including phenoxy) is 10. The second kappa shape index (κ2) is 22.4. The quantitative estimate of drug-likeness (QED) is 0.0931. The van der Waals surface area contributed by atoms with E-state index in [9.17, 15) is 149 Å². The van der Waals surface area contributed by atoms with E-state index in [1.165, 1.54) is 0 Å². The normalized spacial score (nSPS) is 21.2. The minimum absolute atomic E-state index is 1.60. The molecule has 0 amide bonds. The van der Waals surface area contributed by atoms with Crippen molar-refractivity contribution in [1.82, 2.24) is 0 Å². The van der Waals surface area contributed by atoms with Crippen molar-refractivity contribution in [2.75, 3.05) is 13.2 Å². The molecule has 9 atom stereocenters. The maximum absolute atomic E-state index is 13.6. The van der Waals surface area contributed by atoms with Crippen LogP contribution in [0.2, 0.25) is 0 Å².